The number of hydrogen-bond acceptors (Lipinski definition) is 6. The number of carbonyl (C=O) groups is 1. The molecule has 1 heterocycles. The molecule has 28 heavy (non-hydrogen) atoms. The maximum atomic E-state index is 12.6. The topological polar surface area (TPSA) is 78.7 Å². The van der Waals surface area contributed by atoms with Crippen molar-refractivity contribution in [3.8, 4) is 0 Å². The molecule has 7 nitrogen and oxygen atoms in total. The molecule has 1 aliphatic heterocycles. The van der Waals surface area contributed by atoms with Crippen molar-refractivity contribution in [2.24, 2.45) is 0 Å². The van der Waals surface area contributed by atoms with Gasteiger partial charge >= 0.3 is 0 Å². The molecule has 0 saturated carbocycles. The number of hydrogen-bond donors (Lipinski definition) is 1. The minimum absolute atomic E-state index is 0.0765. The highest BCUT2D eigenvalue weighted by Gasteiger charge is 2.22. The lowest BCUT2D eigenvalue weighted by Gasteiger charge is -2.36. The van der Waals surface area contributed by atoms with Gasteiger partial charge in [-0.25, -0.2) is 0 Å². The quantitative estimate of drug-likeness (QED) is 0.451. The van der Waals surface area contributed by atoms with E-state index in [1.807, 2.05) is 6.07 Å². The van der Waals surface area contributed by atoms with Crippen molar-refractivity contribution in [1.82, 2.24) is 9.80 Å². The van der Waals surface area contributed by atoms with Crippen LogP contribution < -0.4 is 5.32 Å². The number of carbonyl (C=O) groups excluding carboxylic acids is 1. The van der Waals surface area contributed by atoms with Crippen molar-refractivity contribution < 1.29 is 9.72 Å². The molecule has 2 aromatic carbocycles. The van der Waals surface area contributed by atoms with Crippen molar-refractivity contribution in [1.29, 1.82) is 0 Å². The maximum absolute atomic E-state index is 12.6. The zero-order valence-electron chi connectivity index (χ0n) is 16.3. The zero-order chi connectivity index (χ0) is 20.1. The van der Waals surface area contributed by atoms with Crippen LogP contribution in [0.15, 0.2) is 48.5 Å². The van der Waals surface area contributed by atoms with Gasteiger partial charge < -0.3 is 10.2 Å². The smallest absolute Gasteiger partial charge is 0.293 e. The lowest BCUT2D eigenvalue weighted by molar-refractivity contribution is -0.384. The lowest BCUT2D eigenvalue weighted by atomic mass is 10.0. The first-order valence-electron chi connectivity index (χ1n) is 9.50. The Morgan fingerprint density at radius 3 is 2.43 bits per heavy atom. The highest BCUT2D eigenvalue weighted by atomic mass is 16.6. The molecule has 1 atom stereocenters. The Morgan fingerprint density at radius 2 is 1.79 bits per heavy atom. The normalized spacial score (nSPS) is 16.5. The number of nitrogens with zero attached hydrogens (tertiary/aromatic N) is 3. The molecule has 0 spiro atoms. The molecule has 0 aliphatic carbocycles. The number of rotatable bonds is 7. The summed E-state index contributed by atoms with van der Waals surface area (Å²) in [5, 5.41) is 14.8. The van der Waals surface area contributed by atoms with E-state index in [1.165, 1.54) is 6.07 Å². The maximum Gasteiger partial charge on any atom is 0.293 e. The second kappa shape index (κ2) is 8.95. The van der Waals surface area contributed by atoms with Gasteiger partial charge in [-0.05, 0) is 26.1 Å². The summed E-state index contributed by atoms with van der Waals surface area (Å²) in [5.74, 6) is -0.221. The summed E-state index contributed by atoms with van der Waals surface area (Å²) in [6.45, 7) is 6.77. The molecule has 1 N–H and O–H groups in total. The number of nitrogens with one attached hydrogen (secondary N) is 1. The van der Waals surface area contributed by atoms with E-state index in [-0.39, 0.29) is 17.5 Å². The van der Waals surface area contributed by atoms with Gasteiger partial charge in [0, 0.05) is 56.0 Å². The van der Waals surface area contributed by atoms with Gasteiger partial charge in [0.1, 0.15) is 5.69 Å². The first kappa shape index (κ1) is 20.0. The van der Waals surface area contributed by atoms with Crippen LogP contribution in [0.3, 0.4) is 0 Å². The molecule has 148 valence electrons. The molecule has 1 saturated heterocycles. The van der Waals surface area contributed by atoms with Crippen molar-refractivity contribution in [2.75, 3.05) is 45.1 Å². The first-order chi connectivity index (χ1) is 13.5. The van der Waals surface area contributed by atoms with Crippen LogP contribution in [-0.4, -0.2) is 66.3 Å². The third-order valence-corrected chi connectivity index (χ3v) is 5.24. The molecule has 1 aliphatic rings. The summed E-state index contributed by atoms with van der Waals surface area (Å²) in [6.07, 6.45) is 0. The van der Waals surface area contributed by atoms with Gasteiger partial charge in [0.2, 0.25) is 0 Å². The van der Waals surface area contributed by atoms with Gasteiger partial charge in [-0.3, -0.25) is 19.8 Å². The fourth-order valence-corrected chi connectivity index (χ4v) is 3.38. The van der Waals surface area contributed by atoms with Crippen LogP contribution in [0.1, 0.15) is 22.8 Å². The highest BCUT2D eigenvalue weighted by molar-refractivity contribution is 6.09. The first-order valence-corrected chi connectivity index (χ1v) is 9.50. The Balaban J connectivity index is 1.71. The Bertz CT molecular complexity index is 833. The average molecular weight is 382 g/mol. The van der Waals surface area contributed by atoms with Crippen LogP contribution in [-0.2, 0) is 0 Å². The summed E-state index contributed by atoms with van der Waals surface area (Å²) < 4.78 is 0. The molecule has 3 rings (SSSR count). The number of ketones is 1. The van der Waals surface area contributed by atoms with E-state index in [2.05, 4.69) is 29.1 Å². The van der Waals surface area contributed by atoms with E-state index in [9.17, 15) is 14.9 Å². The largest absolute Gasteiger partial charge is 0.378 e. The summed E-state index contributed by atoms with van der Waals surface area (Å²) >= 11 is 0. The van der Waals surface area contributed by atoms with Crippen LogP contribution in [0.25, 0.3) is 0 Å². The summed E-state index contributed by atoms with van der Waals surface area (Å²) in [6, 6.07) is 13.7. The number of piperazine rings is 1. The Morgan fingerprint density at radius 1 is 1.11 bits per heavy atom. The molecule has 7 heteroatoms. The summed E-state index contributed by atoms with van der Waals surface area (Å²) in [5.41, 5.74) is 1.19. The van der Waals surface area contributed by atoms with E-state index < -0.39 is 4.92 Å². The molecule has 1 fully saturated rings. The number of anilines is 1. The van der Waals surface area contributed by atoms with Gasteiger partial charge in [-0.15, -0.1) is 0 Å². The standard InChI is InChI=1S/C21H26N4O3/c1-16(24-12-10-23(2)11-13-24)15-22-19-9-8-18(14-20(19)25(27)28)21(26)17-6-4-3-5-7-17/h3-9,14,16,22H,10-13,15H2,1-2H3. The molecule has 0 aromatic heterocycles. The lowest BCUT2D eigenvalue weighted by Crippen LogP contribution is -2.49. The summed E-state index contributed by atoms with van der Waals surface area (Å²) in [7, 11) is 2.11. The zero-order valence-corrected chi connectivity index (χ0v) is 16.3. The number of benzene rings is 2. The van der Waals surface area contributed by atoms with Crippen LogP contribution in [0.5, 0.6) is 0 Å². The molecule has 0 bridgehead atoms. The molecular weight excluding hydrogens is 356 g/mol. The number of nitro groups is 1. The van der Waals surface area contributed by atoms with Crippen molar-refractivity contribution in [2.45, 2.75) is 13.0 Å². The van der Waals surface area contributed by atoms with Crippen molar-refractivity contribution >= 4 is 17.2 Å². The fourth-order valence-electron chi connectivity index (χ4n) is 3.38. The number of nitro benzene ring substituents is 1. The molecule has 2 aromatic rings. The predicted octanol–water partition coefficient (Wildman–Crippen LogP) is 2.87. The minimum atomic E-state index is -0.440. The van der Waals surface area contributed by atoms with E-state index >= 15 is 0 Å². The molecular formula is C21H26N4O3. The second-order valence-corrected chi connectivity index (χ2v) is 7.25. The van der Waals surface area contributed by atoms with Crippen LogP contribution in [0.2, 0.25) is 0 Å². The van der Waals surface area contributed by atoms with Crippen LogP contribution >= 0.6 is 0 Å². The number of likely N-dealkylation sites (N-methyl/N-ethyl adjacent to an activating group) is 1. The van der Waals surface area contributed by atoms with Gasteiger partial charge in [0.15, 0.2) is 5.78 Å². The highest BCUT2D eigenvalue weighted by Crippen LogP contribution is 2.27. The Hall–Kier alpha value is -2.77. The van der Waals surface area contributed by atoms with Gasteiger partial charge in [-0.2, -0.15) is 0 Å². The van der Waals surface area contributed by atoms with Crippen LogP contribution in [0, 0.1) is 10.1 Å². The average Bonchev–Trinajstić information content (AvgIpc) is 2.72. The van der Waals surface area contributed by atoms with Gasteiger partial charge in [0.05, 0.1) is 4.92 Å². The second-order valence-electron chi connectivity index (χ2n) is 7.25. The third-order valence-electron chi connectivity index (χ3n) is 5.24. The minimum Gasteiger partial charge on any atom is -0.378 e. The van der Waals surface area contributed by atoms with Crippen molar-refractivity contribution in [3.05, 3.63) is 69.8 Å². The van der Waals surface area contributed by atoms with Gasteiger partial charge in [0.25, 0.3) is 5.69 Å². The third kappa shape index (κ3) is 4.74. The summed E-state index contributed by atoms with van der Waals surface area (Å²) in [4.78, 5) is 28.4. The molecule has 0 radical (unpaired) electrons. The van der Waals surface area contributed by atoms with Crippen LogP contribution in [0.4, 0.5) is 11.4 Å². The predicted molar refractivity (Wildman–Crippen MR) is 110 cm³/mol. The SMILES string of the molecule is CC(CNc1ccc(C(=O)c2ccccc2)cc1[N+](=O)[O-])N1CCN(C)CC1. The van der Waals surface area contributed by atoms with Crippen molar-refractivity contribution in [3.63, 3.8) is 0 Å². The Labute approximate surface area is 165 Å². The Kier molecular flexibility index (Phi) is 6.38. The molecule has 1 unspecified atom stereocenters. The monoisotopic (exact) mass is 382 g/mol. The van der Waals surface area contributed by atoms with E-state index in [4.69, 9.17) is 0 Å². The van der Waals surface area contributed by atoms with E-state index in [0.717, 1.165) is 26.2 Å². The fraction of sp³-hybridized carbons (Fsp3) is 0.381. The van der Waals surface area contributed by atoms with E-state index in [1.54, 1.807) is 36.4 Å². The molecule has 0 amide bonds. The van der Waals surface area contributed by atoms with E-state index in [0.29, 0.717) is 23.4 Å². The van der Waals surface area contributed by atoms with Gasteiger partial charge in [-0.1, -0.05) is 30.3 Å².